The van der Waals surface area contributed by atoms with Gasteiger partial charge in [-0.3, -0.25) is 0 Å². The Hall–Kier alpha value is -3.24. The molecule has 1 unspecified atom stereocenters. The molecular weight excluding hydrogens is 418 g/mol. The van der Waals surface area contributed by atoms with Gasteiger partial charge < -0.3 is 9.64 Å². The Morgan fingerprint density at radius 2 is 1.82 bits per heavy atom. The molecule has 4 heteroatoms. The van der Waals surface area contributed by atoms with Crippen molar-refractivity contribution in [3.63, 3.8) is 0 Å². The lowest BCUT2D eigenvalue weighted by Gasteiger charge is -2.53. The van der Waals surface area contributed by atoms with E-state index in [0.29, 0.717) is 17.3 Å². The van der Waals surface area contributed by atoms with Gasteiger partial charge in [-0.1, -0.05) is 40.7 Å². The van der Waals surface area contributed by atoms with Crippen LogP contribution in [-0.2, 0) is 10.2 Å². The summed E-state index contributed by atoms with van der Waals surface area (Å²) < 4.78 is 6.10. The molecule has 3 heterocycles. The molecule has 176 valence electrons. The molecule has 0 N–H and O–H groups in total. The summed E-state index contributed by atoms with van der Waals surface area (Å²) in [6, 6.07) is 8.67. The summed E-state index contributed by atoms with van der Waals surface area (Å²) >= 11 is 0. The van der Waals surface area contributed by atoms with E-state index in [1.807, 2.05) is 32.1 Å². The van der Waals surface area contributed by atoms with Gasteiger partial charge in [0.1, 0.15) is 29.2 Å². The van der Waals surface area contributed by atoms with Gasteiger partial charge in [0.15, 0.2) is 0 Å². The van der Waals surface area contributed by atoms with E-state index in [4.69, 9.17) is 4.74 Å². The third-order valence-electron chi connectivity index (χ3n) is 7.54. The molecule has 34 heavy (non-hydrogen) atoms. The summed E-state index contributed by atoms with van der Waals surface area (Å²) in [5.74, 6) is 2.04. The van der Waals surface area contributed by atoms with Gasteiger partial charge in [-0.25, -0.2) is 0 Å². The van der Waals surface area contributed by atoms with Crippen LogP contribution in [0.2, 0.25) is 0 Å². The predicted octanol–water partition coefficient (Wildman–Crippen LogP) is 7.27. The fraction of sp³-hybridized carbons (Fsp3) is 0.467. The molecule has 0 bridgehead atoms. The van der Waals surface area contributed by atoms with E-state index in [9.17, 15) is 10.5 Å². The van der Waals surface area contributed by atoms with Crippen molar-refractivity contribution in [2.75, 3.05) is 11.4 Å². The first-order valence-electron chi connectivity index (χ1n) is 12.3. The van der Waals surface area contributed by atoms with E-state index in [-0.39, 0.29) is 22.4 Å². The zero-order chi connectivity index (χ0) is 24.8. The normalized spacial score (nSPS) is 22.4. The van der Waals surface area contributed by atoms with Gasteiger partial charge in [-0.15, -0.1) is 0 Å². The molecule has 3 aliphatic heterocycles. The highest BCUT2D eigenvalue weighted by atomic mass is 16.5. The van der Waals surface area contributed by atoms with Crippen molar-refractivity contribution in [1.29, 1.82) is 10.5 Å². The summed E-state index contributed by atoms with van der Waals surface area (Å²) in [5.41, 5.74) is 6.44. The van der Waals surface area contributed by atoms with Crippen LogP contribution in [0.5, 0.6) is 0 Å². The fourth-order valence-corrected chi connectivity index (χ4v) is 5.57. The molecule has 1 atom stereocenters. The fourth-order valence-electron chi connectivity index (χ4n) is 5.57. The van der Waals surface area contributed by atoms with Crippen LogP contribution in [0.3, 0.4) is 0 Å². The second-order valence-corrected chi connectivity index (χ2v) is 11.4. The minimum atomic E-state index is 0.101. The van der Waals surface area contributed by atoms with Gasteiger partial charge in [0.05, 0.1) is 0 Å². The molecule has 1 aromatic rings. The number of anilines is 1. The van der Waals surface area contributed by atoms with E-state index in [0.717, 1.165) is 30.7 Å². The lowest BCUT2D eigenvalue weighted by atomic mass is 9.69. The third kappa shape index (κ3) is 4.19. The third-order valence-corrected chi connectivity index (χ3v) is 7.54. The Bertz CT molecular complexity index is 1210. The molecule has 0 fully saturated rings. The Balaban J connectivity index is 1.77. The predicted molar refractivity (Wildman–Crippen MR) is 138 cm³/mol. The summed E-state index contributed by atoms with van der Waals surface area (Å²) in [6.45, 7) is 17.0. The largest absolute Gasteiger partial charge is 0.461 e. The smallest absolute Gasteiger partial charge is 0.137 e. The molecule has 0 saturated heterocycles. The molecule has 0 aliphatic carbocycles. The van der Waals surface area contributed by atoms with Crippen molar-refractivity contribution in [1.82, 2.24) is 0 Å². The number of benzene rings is 1. The number of rotatable bonds is 3. The maximum atomic E-state index is 9.35. The van der Waals surface area contributed by atoms with Crippen LogP contribution in [0.4, 0.5) is 5.69 Å². The van der Waals surface area contributed by atoms with Crippen LogP contribution in [0, 0.1) is 28.6 Å². The van der Waals surface area contributed by atoms with Crippen LogP contribution in [0.1, 0.15) is 83.9 Å². The van der Waals surface area contributed by atoms with Gasteiger partial charge in [-0.05, 0) is 85.1 Å². The van der Waals surface area contributed by atoms with E-state index in [2.05, 4.69) is 57.7 Å². The maximum absolute atomic E-state index is 9.35. The molecule has 0 saturated carbocycles. The van der Waals surface area contributed by atoms with Crippen LogP contribution in [-0.4, -0.2) is 12.1 Å². The average Bonchev–Trinajstić information content (AvgIpc) is 2.77. The van der Waals surface area contributed by atoms with Gasteiger partial charge in [0.25, 0.3) is 0 Å². The first kappa shape index (κ1) is 23.9. The first-order chi connectivity index (χ1) is 16.0. The van der Waals surface area contributed by atoms with Crippen LogP contribution < -0.4 is 4.90 Å². The van der Waals surface area contributed by atoms with Crippen molar-refractivity contribution in [2.45, 2.75) is 78.2 Å². The molecular formula is C30H35N3O. The topological polar surface area (TPSA) is 60.0 Å². The van der Waals surface area contributed by atoms with Crippen LogP contribution in [0.25, 0.3) is 6.08 Å². The average molecular weight is 454 g/mol. The first-order valence-corrected chi connectivity index (χ1v) is 12.3. The van der Waals surface area contributed by atoms with Crippen LogP contribution >= 0.6 is 0 Å². The molecule has 0 radical (unpaired) electrons. The zero-order valence-electron chi connectivity index (χ0n) is 21.5. The lowest BCUT2D eigenvalue weighted by molar-refractivity contribution is 0.275. The Labute approximate surface area is 204 Å². The van der Waals surface area contributed by atoms with Crippen molar-refractivity contribution in [3.05, 3.63) is 69.7 Å². The summed E-state index contributed by atoms with van der Waals surface area (Å²) in [7, 11) is 0. The molecule has 0 aromatic heterocycles. The van der Waals surface area contributed by atoms with E-state index in [1.54, 1.807) is 12.2 Å². The van der Waals surface area contributed by atoms with Gasteiger partial charge in [-0.2, -0.15) is 10.5 Å². The highest BCUT2D eigenvalue weighted by molar-refractivity contribution is 5.72. The minimum absolute atomic E-state index is 0.101. The van der Waals surface area contributed by atoms with Crippen molar-refractivity contribution >= 4 is 11.8 Å². The number of nitriles is 2. The number of ether oxygens (including phenoxy) is 1. The van der Waals surface area contributed by atoms with Gasteiger partial charge in [0.2, 0.25) is 0 Å². The van der Waals surface area contributed by atoms with Crippen molar-refractivity contribution in [3.8, 4) is 12.1 Å². The molecule has 1 aromatic carbocycles. The highest BCUT2D eigenvalue weighted by Gasteiger charge is 2.43. The molecule has 0 amide bonds. The molecule has 4 rings (SSSR count). The molecule has 3 aliphatic rings. The van der Waals surface area contributed by atoms with E-state index >= 15 is 0 Å². The highest BCUT2D eigenvalue weighted by Crippen LogP contribution is 2.52. The maximum Gasteiger partial charge on any atom is 0.137 e. The SMILES string of the molecule is CC(C)C1=CC(=C(C#N)C#N)C=C(/C=C/c2cc3c4c(c2)C(C)(C)CCN4C(C)(C)CC3C)O1. The molecule has 0 spiro atoms. The second kappa shape index (κ2) is 8.52. The Morgan fingerprint density at radius 1 is 1.12 bits per heavy atom. The standard InChI is InChI=1S/C30H35N3O/c1-19(2)27-15-22(23(17-31)18-32)14-24(34-27)9-8-21-12-25-20(3)16-30(6,7)33-11-10-29(4,5)26(13-21)28(25)33/h8-9,12-15,19-20H,10-11,16H2,1-7H3/b9-8+. The Kier molecular flexibility index (Phi) is 5.99. The number of hydrogen-bond acceptors (Lipinski definition) is 4. The second-order valence-electron chi connectivity index (χ2n) is 11.4. The lowest BCUT2D eigenvalue weighted by Crippen LogP contribution is -2.53. The minimum Gasteiger partial charge on any atom is -0.461 e. The monoisotopic (exact) mass is 453 g/mol. The quantitative estimate of drug-likeness (QED) is 0.452. The van der Waals surface area contributed by atoms with Crippen molar-refractivity contribution in [2.24, 2.45) is 5.92 Å². The number of allylic oxidation sites excluding steroid dienone is 6. The Morgan fingerprint density at radius 3 is 2.47 bits per heavy atom. The summed E-state index contributed by atoms with van der Waals surface area (Å²) in [6.07, 6.45) is 9.92. The van der Waals surface area contributed by atoms with E-state index < -0.39 is 0 Å². The summed E-state index contributed by atoms with van der Waals surface area (Å²) in [5, 5.41) is 18.7. The summed E-state index contributed by atoms with van der Waals surface area (Å²) in [4.78, 5) is 2.63. The molecule has 4 nitrogen and oxygen atoms in total. The van der Waals surface area contributed by atoms with Crippen molar-refractivity contribution < 1.29 is 4.74 Å². The van der Waals surface area contributed by atoms with Gasteiger partial charge in [0, 0.05) is 29.3 Å². The zero-order valence-corrected chi connectivity index (χ0v) is 21.5. The van der Waals surface area contributed by atoms with Crippen LogP contribution in [0.15, 0.2) is 53.0 Å². The van der Waals surface area contributed by atoms with Gasteiger partial charge >= 0.3 is 0 Å². The number of hydrogen-bond donors (Lipinski definition) is 0. The van der Waals surface area contributed by atoms with E-state index in [1.165, 1.54) is 16.8 Å². The number of nitrogens with zero attached hydrogens (tertiary/aromatic N) is 3.